The highest BCUT2D eigenvalue weighted by atomic mass is 28.3. The molecule has 0 atom stereocenters. The molecular weight excluding hydrogens is 709 g/mol. The average molecular weight is 743 g/mol. The van der Waals surface area contributed by atoms with Crippen LogP contribution in [-0.2, 0) is 0 Å². The zero-order valence-corrected chi connectivity index (χ0v) is 31.9. The Morgan fingerprint density at radius 2 is 0.877 bits per heavy atom. The molecule has 266 valence electrons. The van der Waals surface area contributed by atoms with Gasteiger partial charge in [-0.3, -0.25) is 4.57 Å². The minimum Gasteiger partial charge on any atom is -0.309 e. The first kappa shape index (κ1) is 32.0. The molecule has 4 heterocycles. The Labute approximate surface area is 330 Å². The normalized spacial score (nSPS) is 13.1. The number of para-hydroxylation sites is 3. The number of hydrogen-bond donors (Lipinski definition) is 0. The summed E-state index contributed by atoms with van der Waals surface area (Å²) in [7, 11) is -2.95. The van der Waals surface area contributed by atoms with E-state index < -0.39 is 8.07 Å². The summed E-state index contributed by atoms with van der Waals surface area (Å²) in [5, 5.41) is 9.93. The van der Waals surface area contributed by atoms with Gasteiger partial charge in [0.15, 0.2) is 0 Å². The van der Waals surface area contributed by atoms with E-state index in [1.807, 2.05) is 0 Å². The van der Waals surface area contributed by atoms with E-state index in [9.17, 15) is 0 Å². The lowest BCUT2D eigenvalue weighted by molar-refractivity contribution is 1.01. The van der Waals surface area contributed by atoms with E-state index in [0.29, 0.717) is 5.95 Å². The van der Waals surface area contributed by atoms with Gasteiger partial charge in [-0.25, -0.2) is 9.97 Å². The van der Waals surface area contributed by atoms with Gasteiger partial charge in [0.25, 0.3) is 0 Å². The summed E-state index contributed by atoms with van der Waals surface area (Å²) < 4.78 is 4.72. The quantitative estimate of drug-likeness (QED) is 0.165. The van der Waals surface area contributed by atoms with Crippen molar-refractivity contribution in [1.82, 2.24) is 19.1 Å². The zero-order valence-electron chi connectivity index (χ0n) is 30.9. The summed E-state index contributed by atoms with van der Waals surface area (Å²) >= 11 is 0. The molecule has 1 aliphatic heterocycles. The molecule has 8 aromatic carbocycles. The molecule has 0 spiro atoms. The second-order valence-electron chi connectivity index (χ2n) is 14.9. The molecule has 0 N–H and O–H groups in total. The topological polar surface area (TPSA) is 35.6 Å². The number of benzene rings is 8. The second-order valence-corrected chi connectivity index (χ2v) is 18.6. The number of fused-ring (bicyclic) bond motifs is 10. The average Bonchev–Trinajstić information content (AvgIpc) is 3.91. The minimum absolute atomic E-state index is 0.682. The van der Waals surface area contributed by atoms with Crippen LogP contribution in [0.15, 0.2) is 206 Å². The number of aromatic nitrogens is 4. The first-order chi connectivity index (χ1) is 28.3. The lowest BCUT2D eigenvalue weighted by atomic mass is 10.0. The Bertz CT molecular complexity index is 3290. The molecule has 0 bridgehead atoms. The van der Waals surface area contributed by atoms with Crippen LogP contribution in [0.2, 0.25) is 0 Å². The van der Waals surface area contributed by atoms with E-state index in [4.69, 9.17) is 9.97 Å². The first-order valence-electron chi connectivity index (χ1n) is 19.5. The van der Waals surface area contributed by atoms with Crippen LogP contribution in [0.25, 0.3) is 77.6 Å². The maximum absolute atomic E-state index is 5.91. The highest BCUT2D eigenvalue weighted by Crippen LogP contribution is 2.43. The third-order valence-electron chi connectivity index (χ3n) is 12.0. The van der Waals surface area contributed by atoms with Crippen molar-refractivity contribution in [3.63, 3.8) is 0 Å². The SMILES string of the molecule is c1ccc(-c2nc(-n3c4ccccc4c4c5c6ccccc6n(-c6ccccc6)c5ccc43)nc3c2-c2ccccc2[Si]3(c2ccccc2)c2ccccc2)cc1. The van der Waals surface area contributed by atoms with Gasteiger partial charge in [0, 0.05) is 38.4 Å². The Kier molecular flexibility index (Phi) is 6.91. The molecule has 1 aliphatic rings. The summed E-state index contributed by atoms with van der Waals surface area (Å²) in [5.74, 6) is 0.682. The van der Waals surface area contributed by atoms with Gasteiger partial charge in [-0.1, -0.05) is 170 Å². The van der Waals surface area contributed by atoms with Crippen LogP contribution in [0.1, 0.15) is 0 Å². The summed E-state index contributed by atoms with van der Waals surface area (Å²) in [5.41, 5.74) is 10.0. The molecule has 11 aromatic rings. The van der Waals surface area contributed by atoms with Crippen LogP contribution in [0.4, 0.5) is 0 Å². The fraction of sp³-hybridized carbons (Fsp3) is 0. The molecule has 0 fully saturated rings. The van der Waals surface area contributed by atoms with Gasteiger partial charge in [0.1, 0.15) is 0 Å². The van der Waals surface area contributed by atoms with Crippen LogP contribution in [0.5, 0.6) is 0 Å². The molecule has 4 nitrogen and oxygen atoms in total. The van der Waals surface area contributed by atoms with E-state index in [-0.39, 0.29) is 0 Å². The van der Waals surface area contributed by atoms with Gasteiger partial charge in [-0.15, -0.1) is 0 Å². The first-order valence-corrected chi connectivity index (χ1v) is 21.5. The number of hydrogen-bond acceptors (Lipinski definition) is 2. The largest absolute Gasteiger partial charge is 0.309 e. The molecule has 0 aliphatic carbocycles. The van der Waals surface area contributed by atoms with Crippen LogP contribution in [0, 0.1) is 0 Å². The third-order valence-corrected chi connectivity index (χ3v) is 16.7. The Balaban J connectivity index is 1.25. The summed E-state index contributed by atoms with van der Waals surface area (Å²) in [6, 6.07) is 74.7. The Morgan fingerprint density at radius 1 is 0.386 bits per heavy atom. The zero-order chi connectivity index (χ0) is 37.5. The minimum atomic E-state index is -2.95. The lowest BCUT2D eigenvalue weighted by Gasteiger charge is -2.30. The van der Waals surface area contributed by atoms with E-state index >= 15 is 0 Å². The Hall–Kier alpha value is -7.34. The van der Waals surface area contributed by atoms with Crippen LogP contribution in [0.3, 0.4) is 0 Å². The van der Waals surface area contributed by atoms with Gasteiger partial charge >= 0.3 is 0 Å². The smallest absolute Gasteiger partial charge is 0.235 e. The van der Waals surface area contributed by atoms with Crippen molar-refractivity contribution in [2.75, 3.05) is 0 Å². The van der Waals surface area contributed by atoms with Crippen molar-refractivity contribution in [3.8, 4) is 34.0 Å². The van der Waals surface area contributed by atoms with E-state index in [0.717, 1.165) is 38.9 Å². The van der Waals surface area contributed by atoms with Gasteiger partial charge in [-0.05, 0) is 57.5 Å². The van der Waals surface area contributed by atoms with Gasteiger partial charge in [0.2, 0.25) is 14.0 Å². The maximum atomic E-state index is 5.91. The predicted molar refractivity (Wildman–Crippen MR) is 239 cm³/mol. The molecule has 0 unspecified atom stereocenters. The van der Waals surface area contributed by atoms with Gasteiger partial charge in [-0.2, -0.15) is 0 Å². The molecule has 0 saturated carbocycles. The molecule has 12 rings (SSSR count). The highest BCUT2D eigenvalue weighted by molar-refractivity contribution is 7.21. The fourth-order valence-electron chi connectivity index (χ4n) is 9.75. The summed E-state index contributed by atoms with van der Waals surface area (Å²) in [6.07, 6.45) is 0. The monoisotopic (exact) mass is 742 g/mol. The molecular formula is C52H34N4Si. The van der Waals surface area contributed by atoms with E-state index in [1.54, 1.807) is 0 Å². The third kappa shape index (κ3) is 4.43. The molecule has 5 heteroatoms. The van der Waals surface area contributed by atoms with E-state index in [2.05, 4.69) is 215 Å². The van der Waals surface area contributed by atoms with Crippen molar-refractivity contribution in [1.29, 1.82) is 0 Å². The molecule has 3 aromatic heterocycles. The van der Waals surface area contributed by atoms with Crippen LogP contribution < -0.4 is 20.9 Å². The van der Waals surface area contributed by atoms with Crippen molar-refractivity contribution >= 4 is 72.6 Å². The molecule has 0 amide bonds. The second kappa shape index (κ2) is 12.3. The molecule has 0 radical (unpaired) electrons. The Morgan fingerprint density at radius 3 is 1.51 bits per heavy atom. The van der Waals surface area contributed by atoms with E-state index in [1.165, 1.54) is 53.7 Å². The van der Waals surface area contributed by atoms with Crippen molar-refractivity contribution < 1.29 is 0 Å². The van der Waals surface area contributed by atoms with Crippen molar-refractivity contribution in [2.45, 2.75) is 0 Å². The molecule has 0 saturated heterocycles. The highest BCUT2D eigenvalue weighted by Gasteiger charge is 2.51. The maximum Gasteiger partial charge on any atom is 0.235 e. The van der Waals surface area contributed by atoms with Gasteiger partial charge in [0.05, 0.1) is 33.1 Å². The number of rotatable bonds is 5. The number of nitrogens with zero attached hydrogens (tertiary/aromatic N) is 4. The van der Waals surface area contributed by atoms with Crippen LogP contribution in [-0.4, -0.2) is 27.2 Å². The van der Waals surface area contributed by atoms with Gasteiger partial charge < -0.3 is 4.57 Å². The molecule has 57 heavy (non-hydrogen) atoms. The lowest BCUT2D eigenvalue weighted by Crippen LogP contribution is -2.73. The summed E-state index contributed by atoms with van der Waals surface area (Å²) in [4.78, 5) is 11.6. The predicted octanol–water partition coefficient (Wildman–Crippen LogP) is 9.70. The van der Waals surface area contributed by atoms with Crippen molar-refractivity contribution in [3.05, 3.63) is 206 Å². The van der Waals surface area contributed by atoms with Crippen molar-refractivity contribution in [2.24, 2.45) is 0 Å². The summed E-state index contributed by atoms with van der Waals surface area (Å²) in [6.45, 7) is 0. The van der Waals surface area contributed by atoms with Crippen LogP contribution >= 0.6 is 0 Å². The fourth-order valence-corrected chi connectivity index (χ4v) is 14.7. The standard InChI is InChI=1S/C52H34N4Si/c1-5-19-35(20-6-1)50-49-41-29-15-18-32-46(41)57(37-23-9-3-10-24-37,38-25-11-4-12-26-38)51(49)54-52(53-50)56-43-31-17-14-28-40(43)48-45(56)34-33-44-47(48)39-27-13-16-30-42(39)55(44)36-21-7-2-8-22-36/h1-34H.